The second-order valence-electron chi connectivity index (χ2n) is 16.1. The highest BCUT2D eigenvalue weighted by atomic mass is 32.2. The number of pyridine rings is 1. The van der Waals surface area contributed by atoms with Crippen molar-refractivity contribution in [3.63, 3.8) is 0 Å². The van der Waals surface area contributed by atoms with E-state index in [1.54, 1.807) is 43.5 Å². The predicted octanol–water partition coefficient (Wildman–Crippen LogP) is 5.23. The van der Waals surface area contributed by atoms with Gasteiger partial charge in [0.25, 0.3) is 21.8 Å². The predicted molar refractivity (Wildman–Crippen MR) is 226 cm³/mol. The average Bonchev–Trinajstić information content (AvgIpc) is 3.45. The first-order valence-electron chi connectivity index (χ1n) is 19.9. The van der Waals surface area contributed by atoms with Crippen molar-refractivity contribution >= 4 is 60.8 Å². The molecule has 0 bridgehead atoms. The van der Waals surface area contributed by atoms with Crippen molar-refractivity contribution in [2.75, 3.05) is 30.8 Å². The molecule has 314 valence electrons. The summed E-state index contributed by atoms with van der Waals surface area (Å²) in [5.41, 5.74) is -1.32. The standard InChI is InChI=1S/C42H51N7O8S2/c1-25(2)44-40-46-33(24-58-40)32-21-35(29-17-16-27(56-5)19-31(29)45-32)57-28-20-34(49(23-28)39(52)41(3,4)53)37(50)47-42-22-26(42)13-9-7-6-8-12-18-43-30-14-10-11-15-36(30)59(54,55)48-38(42)51/h9-11,13-17,19,21,24-26,28,34,43,53H,6-8,12,18,20,22-23H2,1-5H3,(H,44,46)(H,47,50)(H,48,51)/b13-9-/t26?,28-,34+,42-/m1/s1. The normalized spacial score (nSPS) is 23.7. The van der Waals surface area contributed by atoms with Crippen LogP contribution >= 0.6 is 11.3 Å². The number of anilines is 2. The third-order valence-electron chi connectivity index (χ3n) is 10.7. The van der Waals surface area contributed by atoms with Crippen LogP contribution in [0.4, 0.5) is 10.8 Å². The molecule has 17 heteroatoms. The number of sulfonamides is 1. The molecule has 2 aliphatic heterocycles. The van der Waals surface area contributed by atoms with Gasteiger partial charge in [-0.2, -0.15) is 0 Å². The number of ether oxygens (including phenoxy) is 2. The highest BCUT2D eigenvalue weighted by Gasteiger charge is 2.62. The fourth-order valence-electron chi connectivity index (χ4n) is 7.57. The summed E-state index contributed by atoms with van der Waals surface area (Å²) in [7, 11) is -2.80. The smallest absolute Gasteiger partial charge is 0.266 e. The molecule has 2 aromatic heterocycles. The molecule has 2 aromatic carbocycles. The molecule has 4 heterocycles. The van der Waals surface area contributed by atoms with Crippen molar-refractivity contribution in [2.24, 2.45) is 5.92 Å². The number of rotatable bonds is 9. The average molecular weight is 846 g/mol. The lowest BCUT2D eigenvalue weighted by Gasteiger charge is -2.30. The lowest BCUT2D eigenvalue weighted by atomic mass is 10.1. The van der Waals surface area contributed by atoms with Crippen LogP contribution in [-0.2, 0) is 24.4 Å². The molecule has 1 unspecified atom stereocenters. The number of nitrogens with one attached hydrogen (secondary N) is 4. The number of likely N-dealkylation sites (tertiary alicyclic amines) is 1. The lowest BCUT2D eigenvalue weighted by molar-refractivity contribution is -0.152. The Hall–Kier alpha value is -5.26. The SMILES string of the molecule is COc1ccc2c(O[C@@H]3C[C@@H](C(=O)N[C@]45CC4/C=C\CCCCCNc4ccccc4S(=O)(=O)NC5=O)N(C(=O)C(C)(C)O)C3)cc(-c3csc(NC(C)C)n3)nc2c1. The Labute approximate surface area is 348 Å². The molecule has 4 aromatic rings. The van der Waals surface area contributed by atoms with Crippen molar-refractivity contribution in [3.05, 3.63) is 66.1 Å². The highest BCUT2D eigenvalue weighted by molar-refractivity contribution is 7.90. The number of hydrogen-bond acceptors (Lipinski definition) is 13. The molecule has 15 nitrogen and oxygen atoms in total. The number of allylic oxidation sites excluding steroid dienone is 1. The van der Waals surface area contributed by atoms with E-state index in [9.17, 15) is 27.9 Å². The number of nitrogens with zero attached hydrogens (tertiary/aromatic N) is 3. The van der Waals surface area contributed by atoms with Crippen LogP contribution in [0.25, 0.3) is 22.3 Å². The number of carbonyl (C=O) groups excluding carboxylic acids is 3. The molecule has 7 rings (SSSR count). The van der Waals surface area contributed by atoms with Gasteiger partial charge in [-0.1, -0.05) is 30.7 Å². The van der Waals surface area contributed by atoms with E-state index >= 15 is 0 Å². The van der Waals surface area contributed by atoms with Crippen molar-refractivity contribution < 1.29 is 37.4 Å². The first-order chi connectivity index (χ1) is 28.1. The summed E-state index contributed by atoms with van der Waals surface area (Å²) >= 11 is 1.45. The Kier molecular flexibility index (Phi) is 11.9. The number of para-hydroxylation sites is 1. The van der Waals surface area contributed by atoms with Crippen LogP contribution in [0.5, 0.6) is 11.5 Å². The van der Waals surface area contributed by atoms with Crippen LogP contribution in [0.15, 0.2) is 71.0 Å². The molecule has 1 saturated heterocycles. The van der Waals surface area contributed by atoms with E-state index in [2.05, 4.69) is 20.7 Å². The van der Waals surface area contributed by atoms with E-state index in [1.807, 2.05) is 37.4 Å². The van der Waals surface area contributed by atoms with Crippen LogP contribution in [0.2, 0.25) is 0 Å². The molecule has 0 radical (unpaired) electrons. The van der Waals surface area contributed by atoms with Gasteiger partial charge in [0.1, 0.15) is 45.4 Å². The van der Waals surface area contributed by atoms with Crippen molar-refractivity contribution in [2.45, 2.75) is 100 Å². The number of fused-ring (bicyclic) bond motifs is 3. The number of methoxy groups -OCH3 is 1. The summed E-state index contributed by atoms with van der Waals surface area (Å²) in [5, 5.41) is 23.5. The first kappa shape index (κ1) is 41.9. The Morgan fingerprint density at radius 1 is 1.08 bits per heavy atom. The zero-order valence-electron chi connectivity index (χ0n) is 33.8. The third kappa shape index (κ3) is 9.16. The summed E-state index contributed by atoms with van der Waals surface area (Å²) in [5.74, 6) is -1.72. The molecule has 3 aliphatic rings. The minimum Gasteiger partial charge on any atom is -0.497 e. The fourth-order valence-corrected chi connectivity index (χ4v) is 9.65. The van der Waals surface area contributed by atoms with Gasteiger partial charge in [0, 0.05) is 47.8 Å². The summed E-state index contributed by atoms with van der Waals surface area (Å²) in [6.45, 7) is 7.24. The number of benzene rings is 2. The Morgan fingerprint density at radius 2 is 1.88 bits per heavy atom. The van der Waals surface area contributed by atoms with E-state index in [-0.39, 0.29) is 30.3 Å². The van der Waals surface area contributed by atoms with E-state index in [0.29, 0.717) is 46.0 Å². The van der Waals surface area contributed by atoms with Gasteiger partial charge in [-0.3, -0.25) is 14.4 Å². The van der Waals surface area contributed by atoms with Crippen LogP contribution in [0.3, 0.4) is 0 Å². The van der Waals surface area contributed by atoms with Crippen LogP contribution < -0.4 is 30.1 Å². The summed E-state index contributed by atoms with van der Waals surface area (Å²) < 4.78 is 41.8. The number of carbonyl (C=O) groups is 3. The maximum atomic E-state index is 14.5. The molecule has 5 N–H and O–H groups in total. The first-order valence-corrected chi connectivity index (χ1v) is 22.2. The number of hydrogen-bond donors (Lipinski definition) is 5. The zero-order chi connectivity index (χ0) is 42.1. The maximum Gasteiger partial charge on any atom is 0.266 e. The third-order valence-corrected chi connectivity index (χ3v) is 12.9. The van der Waals surface area contributed by atoms with Crippen molar-refractivity contribution in [1.82, 2.24) is 24.9 Å². The molecule has 1 saturated carbocycles. The summed E-state index contributed by atoms with van der Waals surface area (Å²) in [4.78, 5) is 53.2. The lowest BCUT2D eigenvalue weighted by Crippen LogP contribution is -2.58. The largest absolute Gasteiger partial charge is 0.497 e. The van der Waals surface area contributed by atoms with Gasteiger partial charge < -0.3 is 35.4 Å². The van der Waals surface area contributed by atoms with Crippen LogP contribution in [0, 0.1) is 5.92 Å². The molecular formula is C42H51N7O8S2. The van der Waals surface area contributed by atoms with Crippen molar-refractivity contribution in [1.29, 1.82) is 0 Å². The number of aliphatic hydroxyl groups is 1. The quantitative estimate of drug-likeness (QED) is 0.138. The van der Waals surface area contributed by atoms with Crippen LogP contribution in [-0.4, -0.2) is 95.6 Å². The molecule has 4 atom stereocenters. The van der Waals surface area contributed by atoms with Crippen LogP contribution in [0.1, 0.15) is 66.2 Å². The second-order valence-corrected chi connectivity index (χ2v) is 18.6. The highest BCUT2D eigenvalue weighted by Crippen LogP contribution is 2.46. The maximum absolute atomic E-state index is 14.5. The summed E-state index contributed by atoms with van der Waals surface area (Å²) in [6.07, 6.45) is 6.65. The summed E-state index contributed by atoms with van der Waals surface area (Å²) in [6, 6.07) is 12.5. The van der Waals surface area contributed by atoms with E-state index in [1.165, 1.54) is 36.2 Å². The van der Waals surface area contributed by atoms with Gasteiger partial charge in [0.05, 0.1) is 30.6 Å². The number of thiazole rings is 1. The van der Waals surface area contributed by atoms with E-state index < -0.39 is 56.9 Å². The minimum absolute atomic E-state index is 0.0116. The molecule has 2 fully saturated rings. The number of amides is 3. The van der Waals surface area contributed by atoms with Gasteiger partial charge in [0.2, 0.25) is 5.91 Å². The molecule has 3 amide bonds. The van der Waals surface area contributed by atoms with Crippen molar-refractivity contribution in [3.8, 4) is 22.9 Å². The molecule has 1 aliphatic carbocycles. The monoisotopic (exact) mass is 845 g/mol. The topological polar surface area (TPSA) is 201 Å². The number of aromatic nitrogens is 2. The molecular weight excluding hydrogens is 795 g/mol. The molecule has 59 heavy (non-hydrogen) atoms. The zero-order valence-corrected chi connectivity index (χ0v) is 35.4. The fraction of sp³-hybridized carbons (Fsp3) is 0.452. The minimum atomic E-state index is -4.36. The molecule has 0 spiro atoms. The Morgan fingerprint density at radius 3 is 2.64 bits per heavy atom. The van der Waals surface area contributed by atoms with Gasteiger partial charge in [-0.25, -0.2) is 23.1 Å². The Bertz CT molecular complexity index is 2380. The second kappa shape index (κ2) is 16.8. The Balaban J connectivity index is 1.18. The van der Waals surface area contributed by atoms with Gasteiger partial charge in [-0.05, 0) is 77.6 Å². The van der Waals surface area contributed by atoms with Gasteiger partial charge in [0.15, 0.2) is 5.13 Å². The van der Waals surface area contributed by atoms with Gasteiger partial charge >= 0.3 is 0 Å². The van der Waals surface area contributed by atoms with E-state index in [4.69, 9.17) is 19.4 Å². The van der Waals surface area contributed by atoms with Gasteiger partial charge in [-0.15, -0.1) is 11.3 Å². The van der Waals surface area contributed by atoms with E-state index in [0.717, 1.165) is 30.8 Å².